The summed E-state index contributed by atoms with van der Waals surface area (Å²) in [6.07, 6.45) is 7.28. The molecule has 0 saturated heterocycles. The zero-order valence-electron chi connectivity index (χ0n) is 10.1. The van der Waals surface area contributed by atoms with Crippen LogP contribution in [0.1, 0.15) is 44.9 Å². The van der Waals surface area contributed by atoms with Crippen LogP contribution in [0.5, 0.6) is 0 Å². The first-order chi connectivity index (χ1) is 8.20. The molecule has 0 atom stereocenters. The monoisotopic (exact) mass is 278 g/mol. The normalized spacial score (nSPS) is 10.0. The first kappa shape index (κ1) is 16.7. The molecule has 17 heavy (non-hydrogen) atoms. The van der Waals surface area contributed by atoms with Crippen molar-refractivity contribution in [1.82, 2.24) is 10.6 Å². The number of hydrogen-bond donors (Lipinski definition) is 4. The Labute approximate surface area is 114 Å². The van der Waals surface area contributed by atoms with Gasteiger partial charge in [-0.1, -0.05) is 43.7 Å². The van der Waals surface area contributed by atoms with Crippen molar-refractivity contribution < 1.29 is 10.2 Å². The van der Waals surface area contributed by atoms with Crippen molar-refractivity contribution in [3.05, 3.63) is 0 Å². The molecule has 0 rings (SSSR count). The van der Waals surface area contributed by atoms with Crippen molar-refractivity contribution in [3.8, 4) is 0 Å². The minimum absolute atomic E-state index is 0.0753. The van der Waals surface area contributed by atoms with E-state index in [1.165, 1.54) is 6.42 Å². The van der Waals surface area contributed by atoms with Gasteiger partial charge in [-0.3, -0.25) is 0 Å². The average Bonchev–Trinajstić information content (AvgIpc) is 2.28. The Hall–Kier alpha value is -0.300. The molecule has 0 spiro atoms. The Kier molecular flexibility index (Phi) is 12.0. The predicted molar refractivity (Wildman–Crippen MR) is 78.0 cm³/mol. The van der Waals surface area contributed by atoms with Crippen LogP contribution >= 0.6 is 24.4 Å². The average molecular weight is 278 g/mol. The Balaban J connectivity index is 3.18. The summed E-state index contributed by atoms with van der Waals surface area (Å²) in [5.74, 6) is 0. The fourth-order valence-corrected chi connectivity index (χ4v) is 1.87. The smallest absolute Gasteiger partial charge is 0.113 e. The third kappa shape index (κ3) is 12.0. The number of thiocarbonyl (C=S) groups is 2. The Morgan fingerprint density at radius 3 is 1.41 bits per heavy atom. The highest BCUT2D eigenvalue weighted by atomic mass is 32.1. The van der Waals surface area contributed by atoms with E-state index < -0.39 is 0 Å². The molecule has 4 nitrogen and oxygen atoms in total. The van der Waals surface area contributed by atoms with Gasteiger partial charge in [-0.15, -0.1) is 0 Å². The lowest BCUT2D eigenvalue weighted by Crippen LogP contribution is -2.21. The maximum atomic E-state index is 8.57. The highest BCUT2D eigenvalue weighted by molar-refractivity contribution is 7.80. The van der Waals surface area contributed by atoms with E-state index in [-0.39, 0.29) is 13.5 Å². The van der Waals surface area contributed by atoms with Crippen LogP contribution in [0.25, 0.3) is 0 Å². The number of rotatable bonds is 10. The van der Waals surface area contributed by atoms with Crippen LogP contribution < -0.4 is 10.6 Å². The highest BCUT2D eigenvalue weighted by Crippen LogP contribution is 2.07. The summed E-state index contributed by atoms with van der Waals surface area (Å²) < 4.78 is 0. The molecule has 100 valence electrons. The van der Waals surface area contributed by atoms with Gasteiger partial charge in [0.2, 0.25) is 0 Å². The topological polar surface area (TPSA) is 64.5 Å². The molecule has 0 radical (unpaired) electrons. The summed E-state index contributed by atoms with van der Waals surface area (Å²) in [5.41, 5.74) is 0. The van der Waals surface area contributed by atoms with E-state index in [2.05, 4.69) is 10.6 Å². The quantitative estimate of drug-likeness (QED) is 0.276. The molecule has 0 aromatic rings. The molecule has 0 bridgehead atoms. The number of aliphatic hydroxyl groups is 2. The number of unbranched alkanes of at least 4 members (excludes halogenated alkanes) is 4. The Morgan fingerprint density at radius 2 is 1.06 bits per heavy atom. The van der Waals surface area contributed by atoms with Gasteiger partial charge in [-0.25, -0.2) is 0 Å². The zero-order chi connectivity index (χ0) is 12.9. The summed E-state index contributed by atoms with van der Waals surface area (Å²) in [6, 6.07) is 0. The molecule has 0 unspecified atom stereocenters. The summed E-state index contributed by atoms with van der Waals surface area (Å²) >= 11 is 9.99. The van der Waals surface area contributed by atoms with Crippen molar-refractivity contribution in [3.63, 3.8) is 0 Å². The van der Waals surface area contributed by atoms with Gasteiger partial charge < -0.3 is 20.8 Å². The van der Waals surface area contributed by atoms with Gasteiger partial charge in [-0.05, 0) is 25.7 Å². The van der Waals surface area contributed by atoms with Gasteiger partial charge in [0.25, 0.3) is 0 Å². The second-order valence-corrected chi connectivity index (χ2v) is 4.77. The van der Waals surface area contributed by atoms with E-state index in [0.29, 0.717) is 0 Å². The number of hydrogen-bond acceptors (Lipinski definition) is 4. The summed E-state index contributed by atoms with van der Waals surface area (Å²) in [5, 5.41) is 22.6. The van der Waals surface area contributed by atoms with Gasteiger partial charge in [0.1, 0.15) is 13.5 Å². The van der Waals surface area contributed by atoms with Crippen LogP contribution in [0, 0.1) is 0 Å². The molecule has 0 aliphatic rings. The van der Waals surface area contributed by atoms with Crippen LogP contribution in [0.3, 0.4) is 0 Å². The van der Waals surface area contributed by atoms with Gasteiger partial charge in [0.15, 0.2) is 0 Å². The fraction of sp³-hybridized carbons (Fsp3) is 0.818. The van der Waals surface area contributed by atoms with E-state index in [1.54, 1.807) is 0 Å². The number of nitrogens with one attached hydrogen (secondary N) is 2. The van der Waals surface area contributed by atoms with Gasteiger partial charge >= 0.3 is 0 Å². The van der Waals surface area contributed by atoms with Crippen LogP contribution in [-0.2, 0) is 0 Å². The molecule has 0 saturated carbocycles. The molecule has 6 heteroatoms. The highest BCUT2D eigenvalue weighted by Gasteiger charge is 1.97. The SMILES string of the molecule is OCNC(=S)CCCCCCCC(=S)NCO. The van der Waals surface area contributed by atoms with E-state index in [0.717, 1.165) is 48.5 Å². The first-order valence-corrected chi connectivity index (χ1v) is 6.77. The largest absolute Gasteiger partial charge is 0.377 e. The molecule has 4 N–H and O–H groups in total. The lowest BCUT2D eigenvalue weighted by Gasteiger charge is -2.05. The molecule has 0 aliphatic carbocycles. The molecular weight excluding hydrogens is 256 g/mol. The zero-order valence-corrected chi connectivity index (χ0v) is 11.7. The molecule has 0 fully saturated rings. The minimum Gasteiger partial charge on any atom is -0.377 e. The molecule has 0 aliphatic heterocycles. The molecule has 0 aromatic heterocycles. The van der Waals surface area contributed by atoms with Crippen molar-refractivity contribution in [2.24, 2.45) is 0 Å². The predicted octanol–water partition coefficient (Wildman–Crippen LogP) is 1.45. The van der Waals surface area contributed by atoms with Gasteiger partial charge in [0.05, 0.1) is 9.98 Å². The lowest BCUT2D eigenvalue weighted by atomic mass is 10.1. The van der Waals surface area contributed by atoms with E-state index in [4.69, 9.17) is 34.6 Å². The minimum atomic E-state index is -0.0753. The van der Waals surface area contributed by atoms with Crippen LogP contribution in [0.15, 0.2) is 0 Å². The van der Waals surface area contributed by atoms with Crippen molar-refractivity contribution in [1.29, 1.82) is 0 Å². The second kappa shape index (κ2) is 12.2. The van der Waals surface area contributed by atoms with E-state index in [1.807, 2.05) is 0 Å². The fourth-order valence-electron chi connectivity index (χ4n) is 1.45. The summed E-state index contributed by atoms with van der Waals surface area (Å²) in [6.45, 7) is -0.151. The third-order valence-corrected chi connectivity index (χ3v) is 3.06. The molecule has 0 aromatic carbocycles. The lowest BCUT2D eigenvalue weighted by molar-refractivity contribution is 0.286. The van der Waals surface area contributed by atoms with Crippen LogP contribution in [0.2, 0.25) is 0 Å². The summed E-state index contributed by atoms with van der Waals surface area (Å²) in [4.78, 5) is 1.47. The van der Waals surface area contributed by atoms with Gasteiger partial charge in [-0.2, -0.15) is 0 Å². The standard InChI is InChI=1S/C11H22N2O2S2/c14-8-12-10(16)6-4-2-1-3-5-7-11(17)13-9-15/h14-15H,1-9H2,(H,12,16)(H,13,17). The Bertz CT molecular complexity index is 204. The molecule has 0 amide bonds. The number of aliphatic hydroxyl groups excluding tert-OH is 2. The molecule has 0 heterocycles. The van der Waals surface area contributed by atoms with Gasteiger partial charge in [0, 0.05) is 0 Å². The first-order valence-electron chi connectivity index (χ1n) is 5.95. The molecular formula is C11H22N2O2S2. The Morgan fingerprint density at radius 1 is 0.706 bits per heavy atom. The van der Waals surface area contributed by atoms with Crippen molar-refractivity contribution in [2.75, 3.05) is 13.5 Å². The van der Waals surface area contributed by atoms with Crippen molar-refractivity contribution >= 4 is 34.4 Å². The maximum Gasteiger partial charge on any atom is 0.113 e. The van der Waals surface area contributed by atoms with E-state index >= 15 is 0 Å². The summed E-state index contributed by atoms with van der Waals surface area (Å²) in [7, 11) is 0. The second-order valence-electron chi connectivity index (χ2n) is 3.78. The third-order valence-electron chi connectivity index (χ3n) is 2.36. The van der Waals surface area contributed by atoms with Crippen molar-refractivity contribution in [2.45, 2.75) is 44.9 Å². The van der Waals surface area contributed by atoms with Crippen LogP contribution in [0.4, 0.5) is 0 Å². The van der Waals surface area contributed by atoms with E-state index in [9.17, 15) is 0 Å². The maximum absolute atomic E-state index is 8.57. The van der Waals surface area contributed by atoms with Crippen LogP contribution in [-0.4, -0.2) is 33.7 Å².